The molecule has 0 aliphatic heterocycles. The van der Waals surface area contributed by atoms with Crippen molar-refractivity contribution in [2.45, 2.75) is 39.4 Å². The van der Waals surface area contributed by atoms with Gasteiger partial charge in [0, 0.05) is 30.1 Å². The molecule has 0 bridgehead atoms. The Balaban J connectivity index is 2.07. The number of hydrogen-bond acceptors (Lipinski definition) is 3. The molecule has 0 spiro atoms. The maximum absolute atomic E-state index is 12.7. The Bertz CT molecular complexity index is 777. The number of para-hydroxylation sites is 1. The molecular formula is C21H25ClN2O3. The van der Waals surface area contributed by atoms with Crippen molar-refractivity contribution in [1.82, 2.24) is 10.2 Å². The van der Waals surface area contributed by atoms with Crippen LogP contribution in [0, 0.1) is 0 Å². The molecule has 0 aromatic heterocycles. The fourth-order valence-corrected chi connectivity index (χ4v) is 2.88. The van der Waals surface area contributed by atoms with E-state index < -0.39 is 6.04 Å². The molecule has 1 N–H and O–H groups in total. The summed E-state index contributed by atoms with van der Waals surface area (Å²) in [4.78, 5) is 26.6. The minimum absolute atomic E-state index is 0.0788. The van der Waals surface area contributed by atoms with Gasteiger partial charge in [-0.3, -0.25) is 9.59 Å². The summed E-state index contributed by atoms with van der Waals surface area (Å²) in [7, 11) is 1.59. The van der Waals surface area contributed by atoms with E-state index in [-0.39, 0.29) is 11.8 Å². The molecule has 1 atom stereocenters. The Morgan fingerprint density at radius 3 is 2.44 bits per heavy atom. The van der Waals surface area contributed by atoms with Crippen molar-refractivity contribution in [3.8, 4) is 5.75 Å². The molecule has 0 aliphatic carbocycles. The summed E-state index contributed by atoms with van der Waals surface area (Å²) >= 11 is 5.92. The lowest BCUT2D eigenvalue weighted by molar-refractivity contribution is -0.140. The first-order valence-electron chi connectivity index (χ1n) is 8.89. The van der Waals surface area contributed by atoms with Crippen molar-refractivity contribution in [3.05, 3.63) is 64.7 Å². The van der Waals surface area contributed by atoms with Crippen LogP contribution in [0.25, 0.3) is 0 Å². The zero-order valence-corrected chi connectivity index (χ0v) is 16.6. The van der Waals surface area contributed by atoms with Crippen LogP contribution in [0.4, 0.5) is 0 Å². The minimum atomic E-state index is -0.595. The average Bonchev–Trinajstić information content (AvgIpc) is 2.70. The first-order valence-corrected chi connectivity index (χ1v) is 9.27. The smallest absolute Gasteiger partial charge is 0.242 e. The van der Waals surface area contributed by atoms with Crippen LogP contribution in [-0.2, 0) is 22.7 Å². The molecule has 0 saturated carbocycles. The Kier molecular flexibility index (Phi) is 7.67. The first-order chi connectivity index (χ1) is 13.0. The Hall–Kier alpha value is -2.53. The van der Waals surface area contributed by atoms with Gasteiger partial charge >= 0.3 is 0 Å². The van der Waals surface area contributed by atoms with Crippen molar-refractivity contribution >= 4 is 23.4 Å². The third-order valence-electron chi connectivity index (χ3n) is 4.38. The van der Waals surface area contributed by atoms with Gasteiger partial charge in [0.15, 0.2) is 0 Å². The van der Waals surface area contributed by atoms with Gasteiger partial charge in [-0.05, 0) is 30.7 Å². The van der Waals surface area contributed by atoms with Crippen molar-refractivity contribution in [2.24, 2.45) is 0 Å². The summed E-state index contributed by atoms with van der Waals surface area (Å²) in [5.41, 5.74) is 1.80. The van der Waals surface area contributed by atoms with E-state index in [2.05, 4.69) is 5.32 Å². The predicted octanol–water partition coefficient (Wildman–Crippen LogP) is 3.79. The number of nitrogens with zero attached hydrogens (tertiary/aromatic N) is 1. The van der Waals surface area contributed by atoms with Crippen molar-refractivity contribution < 1.29 is 14.3 Å². The molecule has 0 unspecified atom stereocenters. The van der Waals surface area contributed by atoms with Crippen LogP contribution in [0.15, 0.2) is 48.5 Å². The molecule has 2 amide bonds. The lowest BCUT2D eigenvalue weighted by atomic mass is 10.1. The number of methoxy groups -OCH3 is 1. The van der Waals surface area contributed by atoms with Crippen LogP contribution in [0.3, 0.4) is 0 Å². The van der Waals surface area contributed by atoms with Crippen LogP contribution in [-0.4, -0.2) is 29.9 Å². The number of nitrogens with one attached hydrogen (secondary N) is 1. The fourth-order valence-electron chi connectivity index (χ4n) is 2.75. The number of carbonyl (C=O) groups excluding carboxylic acids is 2. The Morgan fingerprint density at radius 2 is 1.81 bits per heavy atom. The molecular weight excluding hydrogens is 364 g/mol. The second-order valence-electron chi connectivity index (χ2n) is 6.21. The maximum atomic E-state index is 12.7. The van der Waals surface area contributed by atoms with E-state index in [1.165, 1.54) is 0 Å². The van der Waals surface area contributed by atoms with E-state index in [0.29, 0.717) is 30.3 Å². The SMILES string of the molecule is CCC(=O)N(Cc1ccc(Cl)cc1)[C@H](C)C(=O)NCc1ccccc1OC. The largest absolute Gasteiger partial charge is 0.496 e. The van der Waals surface area contributed by atoms with E-state index in [1.54, 1.807) is 38.0 Å². The lowest BCUT2D eigenvalue weighted by Crippen LogP contribution is -2.47. The lowest BCUT2D eigenvalue weighted by Gasteiger charge is -2.28. The zero-order valence-electron chi connectivity index (χ0n) is 15.9. The molecule has 2 aromatic carbocycles. The number of benzene rings is 2. The molecule has 0 saturated heterocycles. The summed E-state index contributed by atoms with van der Waals surface area (Å²) < 4.78 is 5.30. The van der Waals surface area contributed by atoms with E-state index in [9.17, 15) is 9.59 Å². The van der Waals surface area contributed by atoms with Gasteiger partial charge in [-0.25, -0.2) is 0 Å². The molecule has 0 fully saturated rings. The maximum Gasteiger partial charge on any atom is 0.242 e. The second kappa shape index (κ2) is 9.97. The molecule has 0 aliphatic rings. The third-order valence-corrected chi connectivity index (χ3v) is 4.63. The standard InChI is InChI=1S/C21H25ClN2O3/c1-4-20(25)24(14-16-9-11-18(22)12-10-16)15(2)21(26)23-13-17-7-5-6-8-19(17)27-3/h5-12,15H,4,13-14H2,1-3H3,(H,23,26)/t15-/m1/s1. The molecule has 144 valence electrons. The molecule has 2 aromatic rings. The molecule has 27 heavy (non-hydrogen) atoms. The summed E-state index contributed by atoms with van der Waals surface area (Å²) in [6.07, 6.45) is 0.331. The third kappa shape index (κ3) is 5.73. The zero-order chi connectivity index (χ0) is 19.8. The van der Waals surface area contributed by atoms with Crippen LogP contribution < -0.4 is 10.1 Å². The molecule has 0 heterocycles. The number of halogens is 1. The highest BCUT2D eigenvalue weighted by Crippen LogP contribution is 2.17. The van der Waals surface area contributed by atoms with E-state index in [4.69, 9.17) is 16.3 Å². The summed E-state index contributed by atoms with van der Waals surface area (Å²) in [6, 6.07) is 14.2. The topological polar surface area (TPSA) is 58.6 Å². The van der Waals surface area contributed by atoms with Gasteiger partial charge in [0.25, 0.3) is 0 Å². The van der Waals surface area contributed by atoms with Gasteiger partial charge < -0.3 is 15.0 Å². The second-order valence-corrected chi connectivity index (χ2v) is 6.64. The van der Waals surface area contributed by atoms with Crippen molar-refractivity contribution in [1.29, 1.82) is 0 Å². The number of amides is 2. The number of ether oxygens (including phenoxy) is 1. The molecule has 6 heteroatoms. The van der Waals surface area contributed by atoms with Gasteiger partial charge in [-0.1, -0.05) is 48.9 Å². The van der Waals surface area contributed by atoms with Gasteiger partial charge in [0.05, 0.1) is 7.11 Å². The fraction of sp³-hybridized carbons (Fsp3) is 0.333. The summed E-state index contributed by atoms with van der Waals surface area (Å²) in [5.74, 6) is 0.426. The number of hydrogen-bond donors (Lipinski definition) is 1. The van der Waals surface area contributed by atoms with Gasteiger partial charge in [0.1, 0.15) is 11.8 Å². The normalized spacial score (nSPS) is 11.6. The highest BCUT2D eigenvalue weighted by Gasteiger charge is 2.25. The van der Waals surface area contributed by atoms with E-state index in [1.807, 2.05) is 36.4 Å². The van der Waals surface area contributed by atoms with E-state index >= 15 is 0 Å². The molecule has 2 rings (SSSR count). The number of rotatable bonds is 8. The Morgan fingerprint density at radius 1 is 1.15 bits per heavy atom. The first kappa shape index (κ1) is 20.8. The predicted molar refractivity (Wildman–Crippen MR) is 107 cm³/mol. The highest BCUT2D eigenvalue weighted by molar-refractivity contribution is 6.30. The molecule has 5 nitrogen and oxygen atoms in total. The molecule has 0 radical (unpaired) electrons. The van der Waals surface area contributed by atoms with Gasteiger partial charge in [-0.2, -0.15) is 0 Å². The van der Waals surface area contributed by atoms with Crippen molar-refractivity contribution in [3.63, 3.8) is 0 Å². The quantitative estimate of drug-likeness (QED) is 0.748. The minimum Gasteiger partial charge on any atom is -0.496 e. The van der Waals surface area contributed by atoms with Crippen LogP contribution >= 0.6 is 11.6 Å². The van der Waals surface area contributed by atoms with Crippen molar-refractivity contribution in [2.75, 3.05) is 7.11 Å². The monoisotopic (exact) mass is 388 g/mol. The van der Waals surface area contributed by atoms with Gasteiger partial charge in [-0.15, -0.1) is 0 Å². The van der Waals surface area contributed by atoms with Crippen LogP contribution in [0.1, 0.15) is 31.4 Å². The highest BCUT2D eigenvalue weighted by atomic mass is 35.5. The Labute approximate surface area is 165 Å². The van der Waals surface area contributed by atoms with Gasteiger partial charge in [0.2, 0.25) is 11.8 Å². The van der Waals surface area contributed by atoms with Crippen LogP contribution in [0.2, 0.25) is 5.02 Å². The van der Waals surface area contributed by atoms with E-state index in [0.717, 1.165) is 11.1 Å². The summed E-state index contributed by atoms with van der Waals surface area (Å²) in [5, 5.41) is 3.53. The number of carbonyl (C=O) groups is 2. The average molecular weight is 389 g/mol. The summed E-state index contributed by atoms with van der Waals surface area (Å²) in [6.45, 7) is 4.22. The van der Waals surface area contributed by atoms with Crippen LogP contribution in [0.5, 0.6) is 5.75 Å².